The fourth-order valence-electron chi connectivity index (χ4n) is 3.63. The minimum atomic E-state index is -1.03. The van der Waals surface area contributed by atoms with E-state index in [-0.39, 0.29) is 31.4 Å². The first-order valence-electron chi connectivity index (χ1n) is 10.3. The van der Waals surface area contributed by atoms with Crippen LogP contribution in [0.1, 0.15) is 18.1 Å². The van der Waals surface area contributed by atoms with Gasteiger partial charge >= 0.3 is 5.97 Å². The van der Waals surface area contributed by atoms with Crippen LogP contribution in [-0.4, -0.2) is 62.1 Å². The van der Waals surface area contributed by atoms with Gasteiger partial charge in [0.05, 0.1) is 25.3 Å². The Kier molecular flexibility index (Phi) is 6.47. The zero-order valence-electron chi connectivity index (χ0n) is 17.1. The molecule has 0 spiro atoms. The molecule has 2 aliphatic heterocycles. The Morgan fingerprint density at radius 1 is 1.00 bits per heavy atom. The third kappa shape index (κ3) is 4.86. The van der Waals surface area contributed by atoms with Crippen LogP contribution in [0.5, 0.6) is 5.75 Å². The van der Waals surface area contributed by atoms with Gasteiger partial charge < -0.3 is 24.0 Å². The van der Waals surface area contributed by atoms with Gasteiger partial charge in [-0.1, -0.05) is 42.5 Å². The van der Waals surface area contributed by atoms with E-state index in [9.17, 15) is 14.4 Å². The van der Waals surface area contributed by atoms with Crippen LogP contribution < -0.4 is 9.64 Å². The van der Waals surface area contributed by atoms with Crippen LogP contribution in [0, 0.1) is 0 Å². The highest BCUT2D eigenvalue weighted by atomic mass is 16.5. The molecular weight excluding hydrogens is 400 g/mol. The molecule has 8 heteroatoms. The van der Waals surface area contributed by atoms with Gasteiger partial charge in [0.1, 0.15) is 5.75 Å². The lowest BCUT2D eigenvalue weighted by atomic mass is 10.1. The van der Waals surface area contributed by atoms with Crippen LogP contribution in [0.4, 0.5) is 5.69 Å². The van der Waals surface area contributed by atoms with Gasteiger partial charge in [-0.2, -0.15) is 0 Å². The Balaban J connectivity index is 1.44. The molecule has 1 saturated heterocycles. The van der Waals surface area contributed by atoms with E-state index >= 15 is 0 Å². The van der Waals surface area contributed by atoms with Gasteiger partial charge in [-0.25, -0.2) is 0 Å². The zero-order chi connectivity index (χ0) is 21.6. The molecule has 0 aromatic heterocycles. The second-order valence-electron chi connectivity index (χ2n) is 7.27. The van der Waals surface area contributed by atoms with Crippen molar-refractivity contribution in [1.82, 2.24) is 4.90 Å². The van der Waals surface area contributed by atoms with Crippen molar-refractivity contribution >= 4 is 23.5 Å². The lowest BCUT2D eigenvalue weighted by Crippen LogP contribution is -2.44. The SMILES string of the molecule is O=C(CCN1C(=O)COc2ccccc21)O[C@@H](C(=O)N1CCOCC1)c1ccccc1. The second-order valence-corrected chi connectivity index (χ2v) is 7.27. The lowest BCUT2D eigenvalue weighted by molar-refractivity contribution is -0.162. The number of ether oxygens (including phenoxy) is 3. The monoisotopic (exact) mass is 424 g/mol. The predicted octanol–water partition coefficient (Wildman–Crippen LogP) is 1.95. The molecular formula is C23H24N2O6. The highest BCUT2D eigenvalue weighted by Gasteiger charge is 2.31. The van der Waals surface area contributed by atoms with Crippen molar-refractivity contribution in [2.75, 3.05) is 44.4 Å². The van der Waals surface area contributed by atoms with E-state index < -0.39 is 12.1 Å². The quantitative estimate of drug-likeness (QED) is 0.659. The molecule has 0 N–H and O–H groups in total. The van der Waals surface area contributed by atoms with E-state index in [1.54, 1.807) is 47.4 Å². The molecule has 0 unspecified atom stereocenters. The topological polar surface area (TPSA) is 85.4 Å². The van der Waals surface area contributed by atoms with E-state index in [1.807, 2.05) is 12.1 Å². The molecule has 0 saturated carbocycles. The molecule has 2 heterocycles. The molecule has 0 aliphatic carbocycles. The minimum Gasteiger partial charge on any atom is -0.482 e. The van der Waals surface area contributed by atoms with Gasteiger partial charge in [-0.3, -0.25) is 14.4 Å². The molecule has 1 fully saturated rings. The third-order valence-electron chi connectivity index (χ3n) is 5.25. The predicted molar refractivity (Wildman–Crippen MR) is 112 cm³/mol. The summed E-state index contributed by atoms with van der Waals surface area (Å²) in [5.41, 5.74) is 1.23. The van der Waals surface area contributed by atoms with Crippen LogP contribution in [0.25, 0.3) is 0 Å². The van der Waals surface area contributed by atoms with Crippen LogP contribution in [0.2, 0.25) is 0 Å². The van der Waals surface area contributed by atoms with Crippen molar-refractivity contribution in [3.8, 4) is 5.75 Å². The first kappa shape index (κ1) is 20.9. The van der Waals surface area contributed by atoms with Gasteiger partial charge in [0.25, 0.3) is 11.8 Å². The molecule has 1 atom stereocenters. The zero-order valence-corrected chi connectivity index (χ0v) is 17.1. The van der Waals surface area contributed by atoms with E-state index in [2.05, 4.69) is 0 Å². The minimum absolute atomic E-state index is 0.0419. The number of morpholine rings is 1. The number of carbonyl (C=O) groups excluding carboxylic acids is 3. The highest BCUT2D eigenvalue weighted by Crippen LogP contribution is 2.31. The molecule has 162 valence electrons. The number of fused-ring (bicyclic) bond motifs is 1. The number of benzene rings is 2. The maximum atomic E-state index is 13.1. The Bertz CT molecular complexity index is 942. The Labute approximate surface area is 180 Å². The second kappa shape index (κ2) is 9.61. The number of carbonyl (C=O) groups is 3. The Hall–Kier alpha value is -3.39. The molecule has 0 bridgehead atoms. The standard InChI is InChI=1S/C23H24N2O6/c26-20-16-30-19-9-5-4-8-18(19)25(20)11-10-21(27)31-22(17-6-2-1-3-7-17)23(28)24-12-14-29-15-13-24/h1-9,22H,10-16H2/t22-/m1/s1. The van der Waals surface area contributed by atoms with Crippen molar-refractivity contribution < 1.29 is 28.6 Å². The van der Waals surface area contributed by atoms with Crippen LogP contribution in [0.15, 0.2) is 54.6 Å². The van der Waals surface area contributed by atoms with Crippen molar-refractivity contribution in [1.29, 1.82) is 0 Å². The lowest BCUT2D eigenvalue weighted by Gasteiger charge is -2.31. The van der Waals surface area contributed by atoms with Crippen LogP contribution >= 0.6 is 0 Å². The van der Waals surface area contributed by atoms with Gasteiger partial charge in [-0.05, 0) is 12.1 Å². The fourth-order valence-corrected chi connectivity index (χ4v) is 3.63. The Morgan fingerprint density at radius 2 is 1.71 bits per heavy atom. The van der Waals surface area contributed by atoms with Crippen molar-refractivity contribution in [3.63, 3.8) is 0 Å². The number of anilines is 1. The molecule has 0 radical (unpaired) electrons. The summed E-state index contributed by atoms with van der Waals surface area (Å²) in [7, 11) is 0. The first-order valence-corrected chi connectivity index (χ1v) is 10.3. The number of hydrogen-bond acceptors (Lipinski definition) is 6. The largest absolute Gasteiger partial charge is 0.482 e. The number of rotatable bonds is 6. The molecule has 2 aromatic rings. The van der Waals surface area contributed by atoms with E-state index in [0.29, 0.717) is 43.3 Å². The summed E-state index contributed by atoms with van der Waals surface area (Å²) in [5, 5.41) is 0. The summed E-state index contributed by atoms with van der Waals surface area (Å²) in [4.78, 5) is 41.2. The van der Waals surface area contributed by atoms with Gasteiger partial charge in [0, 0.05) is 25.2 Å². The average Bonchev–Trinajstić information content (AvgIpc) is 2.82. The Morgan fingerprint density at radius 3 is 2.48 bits per heavy atom. The molecule has 2 amide bonds. The molecule has 4 rings (SSSR count). The van der Waals surface area contributed by atoms with Gasteiger partial charge in [-0.15, -0.1) is 0 Å². The van der Waals surface area contributed by atoms with Crippen molar-refractivity contribution in [3.05, 3.63) is 60.2 Å². The van der Waals surface area contributed by atoms with E-state index in [4.69, 9.17) is 14.2 Å². The summed E-state index contributed by atoms with van der Waals surface area (Å²) in [6, 6.07) is 16.1. The van der Waals surface area contributed by atoms with Crippen LogP contribution in [0.3, 0.4) is 0 Å². The molecule has 8 nitrogen and oxygen atoms in total. The number of esters is 1. The maximum Gasteiger partial charge on any atom is 0.308 e. The summed E-state index contributed by atoms with van der Waals surface area (Å²) in [5.74, 6) is -0.446. The number of para-hydroxylation sites is 2. The van der Waals surface area contributed by atoms with Gasteiger partial charge in [0.2, 0.25) is 6.10 Å². The summed E-state index contributed by atoms with van der Waals surface area (Å²) in [6.07, 6.45) is -1.07. The summed E-state index contributed by atoms with van der Waals surface area (Å²) < 4.78 is 16.4. The van der Waals surface area contributed by atoms with E-state index in [1.165, 1.54) is 4.90 Å². The fraction of sp³-hybridized carbons (Fsp3) is 0.348. The molecule has 2 aromatic carbocycles. The maximum absolute atomic E-state index is 13.1. The smallest absolute Gasteiger partial charge is 0.308 e. The van der Waals surface area contributed by atoms with Gasteiger partial charge in [0.15, 0.2) is 6.61 Å². The third-order valence-corrected chi connectivity index (χ3v) is 5.25. The van der Waals surface area contributed by atoms with Crippen molar-refractivity contribution in [2.45, 2.75) is 12.5 Å². The molecule has 2 aliphatic rings. The summed E-state index contributed by atoms with van der Waals surface area (Å²) >= 11 is 0. The molecule has 31 heavy (non-hydrogen) atoms. The normalized spacial score (nSPS) is 16.8. The highest BCUT2D eigenvalue weighted by molar-refractivity contribution is 5.98. The first-order chi connectivity index (χ1) is 15.1. The number of amides is 2. The van der Waals surface area contributed by atoms with E-state index in [0.717, 1.165) is 0 Å². The summed E-state index contributed by atoms with van der Waals surface area (Å²) in [6.45, 7) is 1.90. The number of hydrogen-bond donors (Lipinski definition) is 0. The van der Waals surface area contributed by atoms with Crippen molar-refractivity contribution in [2.24, 2.45) is 0 Å². The average molecular weight is 424 g/mol. The van der Waals surface area contributed by atoms with Crippen LogP contribution in [-0.2, 0) is 23.9 Å². The number of nitrogens with zero attached hydrogens (tertiary/aromatic N) is 2.